The van der Waals surface area contributed by atoms with Crippen LogP contribution in [0.5, 0.6) is 5.75 Å². The summed E-state index contributed by atoms with van der Waals surface area (Å²) in [4.78, 5) is 6.70. The van der Waals surface area contributed by atoms with Crippen molar-refractivity contribution in [1.29, 1.82) is 0 Å². The lowest BCUT2D eigenvalue weighted by atomic mass is 10.1. The molecule has 1 atom stereocenters. The second kappa shape index (κ2) is 13.5. The zero-order valence-electron chi connectivity index (χ0n) is 17.1. The van der Waals surface area contributed by atoms with Crippen LogP contribution in [0.4, 0.5) is 0 Å². The van der Waals surface area contributed by atoms with Crippen molar-refractivity contribution in [3.05, 3.63) is 29.3 Å². The first-order valence-electron chi connectivity index (χ1n) is 10.3. The smallest absolute Gasteiger partial charge is 0.193 e. The minimum atomic E-state index is 0. The van der Waals surface area contributed by atoms with Crippen molar-refractivity contribution >= 4 is 41.5 Å². The van der Waals surface area contributed by atoms with Crippen molar-refractivity contribution < 1.29 is 14.2 Å². The molecule has 0 aromatic heterocycles. The fourth-order valence-corrected chi connectivity index (χ4v) is 3.74. The largest absolute Gasteiger partial charge is 0.492 e. The van der Waals surface area contributed by atoms with E-state index in [-0.39, 0.29) is 24.0 Å². The van der Waals surface area contributed by atoms with Gasteiger partial charge in [-0.05, 0) is 56.4 Å². The van der Waals surface area contributed by atoms with Crippen LogP contribution in [-0.2, 0) is 9.47 Å². The van der Waals surface area contributed by atoms with E-state index < -0.39 is 0 Å². The van der Waals surface area contributed by atoms with Gasteiger partial charge in [0.25, 0.3) is 0 Å². The minimum absolute atomic E-state index is 0. The highest BCUT2D eigenvalue weighted by Gasteiger charge is 2.23. The van der Waals surface area contributed by atoms with Crippen LogP contribution in [0.25, 0.3) is 0 Å². The van der Waals surface area contributed by atoms with Gasteiger partial charge in [0.1, 0.15) is 12.4 Å². The van der Waals surface area contributed by atoms with Gasteiger partial charge < -0.3 is 24.4 Å². The molecular weight excluding hydrogens is 505 g/mol. The third-order valence-electron chi connectivity index (χ3n) is 5.21. The average Bonchev–Trinajstić information content (AvgIpc) is 2.75. The molecule has 1 aromatic rings. The van der Waals surface area contributed by atoms with Crippen LogP contribution in [0.2, 0.25) is 5.02 Å². The van der Waals surface area contributed by atoms with Crippen molar-refractivity contribution in [2.75, 3.05) is 46.5 Å². The Hall–Kier alpha value is -0.770. The van der Waals surface area contributed by atoms with Gasteiger partial charge in [-0.2, -0.15) is 0 Å². The number of benzene rings is 1. The van der Waals surface area contributed by atoms with E-state index in [0.29, 0.717) is 30.4 Å². The van der Waals surface area contributed by atoms with Crippen molar-refractivity contribution in [1.82, 2.24) is 10.2 Å². The number of nitrogens with zero attached hydrogens (tertiary/aromatic N) is 2. The van der Waals surface area contributed by atoms with Crippen LogP contribution in [0.15, 0.2) is 29.3 Å². The van der Waals surface area contributed by atoms with Crippen LogP contribution < -0.4 is 10.1 Å². The second-order valence-corrected chi connectivity index (χ2v) is 7.72. The molecule has 6 nitrogen and oxygen atoms in total. The van der Waals surface area contributed by atoms with Gasteiger partial charge in [0.05, 0.1) is 25.4 Å². The van der Waals surface area contributed by atoms with E-state index in [2.05, 4.69) is 15.2 Å². The number of hydrogen-bond acceptors (Lipinski definition) is 4. The summed E-state index contributed by atoms with van der Waals surface area (Å²) in [6, 6.07) is 7.41. The summed E-state index contributed by atoms with van der Waals surface area (Å²) >= 11 is 5.88. The molecule has 0 radical (unpaired) electrons. The fourth-order valence-electron chi connectivity index (χ4n) is 3.61. The Balaban J connectivity index is 0.00000300. The summed E-state index contributed by atoms with van der Waals surface area (Å²) in [5, 5.41) is 4.10. The monoisotopic (exact) mass is 537 g/mol. The Kier molecular flexibility index (Phi) is 11.4. The van der Waals surface area contributed by atoms with E-state index in [1.807, 2.05) is 31.3 Å². The molecule has 2 fully saturated rings. The number of hydrogen-bond donors (Lipinski definition) is 1. The van der Waals surface area contributed by atoms with Gasteiger partial charge in [-0.3, -0.25) is 4.99 Å². The zero-order valence-corrected chi connectivity index (χ0v) is 20.2. The van der Waals surface area contributed by atoms with Gasteiger partial charge in [0, 0.05) is 31.8 Å². The number of nitrogens with one attached hydrogen (secondary N) is 1. The SMILES string of the molecule is CN=C(NCCOc1ccc(Cl)cc1)N1CCC(OCC2CCCCO2)CC1.I. The molecule has 2 heterocycles. The van der Waals surface area contributed by atoms with Gasteiger partial charge >= 0.3 is 0 Å². The van der Waals surface area contributed by atoms with Crippen molar-refractivity contribution in [3.63, 3.8) is 0 Å². The molecule has 8 heteroatoms. The predicted molar refractivity (Wildman–Crippen MR) is 128 cm³/mol. The van der Waals surface area contributed by atoms with Crippen LogP contribution >= 0.6 is 35.6 Å². The van der Waals surface area contributed by atoms with Gasteiger partial charge in [0.2, 0.25) is 0 Å². The van der Waals surface area contributed by atoms with Crippen molar-refractivity contribution in [2.24, 2.45) is 4.99 Å². The summed E-state index contributed by atoms with van der Waals surface area (Å²) in [5.74, 6) is 1.75. The third kappa shape index (κ3) is 8.47. The molecule has 2 saturated heterocycles. The third-order valence-corrected chi connectivity index (χ3v) is 5.46. The van der Waals surface area contributed by atoms with Crippen LogP contribution in [-0.4, -0.2) is 69.6 Å². The van der Waals surface area contributed by atoms with E-state index in [1.54, 1.807) is 0 Å². The Labute approximate surface area is 196 Å². The summed E-state index contributed by atoms with van der Waals surface area (Å²) in [6.07, 6.45) is 6.24. The maximum atomic E-state index is 6.10. The van der Waals surface area contributed by atoms with E-state index >= 15 is 0 Å². The number of likely N-dealkylation sites (tertiary alicyclic amines) is 1. The molecule has 3 rings (SSSR count). The van der Waals surface area contributed by atoms with Gasteiger partial charge in [-0.25, -0.2) is 0 Å². The fraction of sp³-hybridized carbons (Fsp3) is 0.667. The maximum Gasteiger partial charge on any atom is 0.193 e. The molecule has 0 spiro atoms. The summed E-state index contributed by atoms with van der Waals surface area (Å²) < 4.78 is 17.6. The van der Waals surface area contributed by atoms with E-state index in [4.69, 9.17) is 25.8 Å². The lowest BCUT2D eigenvalue weighted by Crippen LogP contribution is -2.48. The Morgan fingerprint density at radius 3 is 2.62 bits per heavy atom. The van der Waals surface area contributed by atoms with Crippen LogP contribution in [0.3, 0.4) is 0 Å². The summed E-state index contributed by atoms with van der Waals surface area (Å²) in [5.41, 5.74) is 0. The highest BCUT2D eigenvalue weighted by atomic mass is 127. The normalized spacial score (nSPS) is 20.8. The maximum absolute atomic E-state index is 6.10. The number of piperidine rings is 1. The highest BCUT2D eigenvalue weighted by molar-refractivity contribution is 14.0. The zero-order chi connectivity index (χ0) is 19.6. The highest BCUT2D eigenvalue weighted by Crippen LogP contribution is 2.18. The second-order valence-electron chi connectivity index (χ2n) is 7.28. The number of halogens is 2. The van der Waals surface area contributed by atoms with E-state index in [9.17, 15) is 0 Å². The molecule has 0 amide bonds. The van der Waals surface area contributed by atoms with Gasteiger partial charge in [0.15, 0.2) is 5.96 Å². The molecule has 1 unspecified atom stereocenters. The number of rotatable bonds is 7. The lowest BCUT2D eigenvalue weighted by molar-refractivity contribution is -0.0721. The van der Waals surface area contributed by atoms with Crippen LogP contribution in [0.1, 0.15) is 32.1 Å². The lowest BCUT2D eigenvalue weighted by Gasteiger charge is -2.35. The topological polar surface area (TPSA) is 55.3 Å². The molecule has 29 heavy (non-hydrogen) atoms. The molecule has 1 aromatic carbocycles. The summed E-state index contributed by atoms with van der Waals surface area (Å²) in [7, 11) is 1.82. The standard InChI is InChI=1S/C21H32ClN3O3.HI/c1-23-21(24-11-15-27-18-7-5-17(22)6-8-18)25-12-9-19(10-13-25)28-16-20-4-2-3-14-26-20;/h5-8,19-20H,2-4,9-16H2,1H3,(H,23,24);1H. The Morgan fingerprint density at radius 1 is 1.21 bits per heavy atom. The average molecular weight is 538 g/mol. The van der Waals surface area contributed by atoms with E-state index in [1.165, 1.54) is 12.8 Å². The summed E-state index contributed by atoms with van der Waals surface area (Å²) in [6.45, 7) is 4.80. The van der Waals surface area contributed by atoms with Crippen molar-refractivity contribution in [2.45, 2.75) is 44.3 Å². The molecule has 164 valence electrons. The molecule has 0 bridgehead atoms. The Bertz CT molecular complexity index is 604. The predicted octanol–water partition coefficient (Wildman–Crippen LogP) is 3.96. The van der Waals surface area contributed by atoms with Crippen molar-refractivity contribution in [3.8, 4) is 5.75 Å². The molecule has 0 aliphatic carbocycles. The first-order valence-corrected chi connectivity index (χ1v) is 10.7. The number of aliphatic imine (C=N–C) groups is 1. The number of ether oxygens (including phenoxy) is 3. The number of guanidine groups is 1. The van der Waals surface area contributed by atoms with E-state index in [0.717, 1.165) is 57.3 Å². The first kappa shape index (κ1) is 24.5. The van der Waals surface area contributed by atoms with Crippen LogP contribution in [0, 0.1) is 0 Å². The van der Waals surface area contributed by atoms with Gasteiger partial charge in [-0.15, -0.1) is 24.0 Å². The van der Waals surface area contributed by atoms with Gasteiger partial charge in [-0.1, -0.05) is 11.6 Å². The first-order chi connectivity index (χ1) is 13.7. The minimum Gasteiger partial charge on any atom is -0.492 e. The quantitative estimate of drug-likeness (QED) is 0.247. The molecular formula is C21H33ClIN3O3. The molecule has 2 aliphatic heterocycles. The molecule has 2 aliphatic rings. The molecule has 1 N–H and O–H groups in total. The Morgan fingerprint density at radius 2 is 1.97 bits per heavy atom. The molecule has 0 saturated carbocycles.